The van der Waals surface area contributed by atoms with Crippen LogP contribution in [0.15, 0.2) is 24.3 Å². The summed E-state index contributed by atoms with van der Waals surface area (Å²) in [4.78, 5) is 13.9. The Hall–Kier alpha value is -1.65. The van der Waals surface area contributed by atoms with E-state index in [1.807, 2.05) is 20.8 Å². The van der Waals surface area contributed by atoms with E-state index in [4.69, 9.17) is 0 Å². The van der Waals surface area contributed by atoms with Crippen LogP contribution in [-0.4, -0.2) is 30.0 Å². The van der Waals surface area contributed by atoms with Gasteiger partial charge in [-0.2, -0.15) is 8.78 Å². The van der Waals surface area contributed by atoms with Gasteiger partial charge in [-0.05, 0) is 44.5 Å². The van der Waals surface area contributed by atoms with Gasteiger partial charge in [-0.25, -0.2) is 0 Å². The normalized spacial score (nSPS) is 11.5. The molecule has 0 heterocycles. The quantitative estimate of drug-likeness (QED) is 0.819. The predicted molar refractivity (Wildman–Crippen MR) is 69.5 cm³/mol. The first-order chi connectivity index (χ1) is 8.77. The molecule has 0 radical (unpaired) electrons. The molecule has 0 aliphatic rings. The molecule has 0 aliphatic heterocycles. The number of nitrogens with zero attached hydrogens (tertiary/aromatic N) is 1. The van der Waals surface area contributed by atoms with E-state index in [0.717, 1.165) is 6.42 Å². The lowest BCUT2D eigenvalue weighted by Crippen LogP contribution is -2.44. The Morgan fingerprint density at radius 3 is 2.26 bits per heavy atom. The van der Waals surface area contributed by atoms with Gasteiger partial charge in [0, 0.05) is 18.2 Å². The van der Waals surface area contributed by atoms with Gasteiger partial charge in [0.2, 0.25) is 0 Å². The number of amides is 1. The van der Waals surface area contributed by atoms with E-state index in [9.17, 15) is 13.6 Å². The summed E-state index contributed by atoms with van der Waals surface area (Å²) in [5.74, 6) is -0.0978. The summed E-state index contributed by atoms with van der Waals surface area (Å²) < 4.78 is 28.3. The number of carbonyl (C=O) groups excluding carboxylic acids is 1. The third-order valence-corrected chi connectivity index (χ3v) is 3.40. The number of carbonyl (C=O) groups is 1. The van der Waals surface area contributed by atoms with Crippen LogP contribution in [0.25, 0.3) is 0 Å². The first-order valence-electron chi connectivity index (χ1n) is 6.11. The number of ether oxygens (including phenoxy) is 1. The molecule has 0 saturated carbocycles. The highest BCUT2D eigenvalue weighted by Crippen LogP contribution is 2.21. The Morgan fingerprint density at radius 1 is 1.32 bits per heavy atom. The van der Waals surface area contributed by atoms with Gasteiger partial charge in [0.05, 0.1) is 0 Å². The van der Waals surface area contributed by atoms with Crippen molar-refractivity contribution in [1.82, 2.24) is 4.90 Å². The van der Waals surface area contributed by atoms with Crippen LogP contribution in [0, 0.1) is 0 Å². The lowest BCUT2D eigenvalue weighted by Gasteiger charge is -2.35. The Balaban J connectivity index is 2.84. The first kappa shape index (κ1) is 15.4. The van der Waals surface area contributed by atoms with E-state index < -0.39 is 6.61 Å². The highest BCUT2D eigenvalue weighted by atomic mass is 19.3. The van der Waals surface area contributed by atoms with E-state index in [-0.39, 0.29) is 17.2 Å². The molecule has 19 heavy (non-hydrogen) atoms. The van der Waals surface area contributed by atoms with Crippen LogP contribution in [0.4, 0.5) is 8.78 Å². The summed E-state index contributed by atoms with van der Waals surface area (Å²) in [6.45, 7) is 3.09. The molecule has 0 unspecified atom stereocenters. The van der Waals surface area contributed by atoms with Crippen molar-refractivity contribution in [1.29, 1.82) is 0 Å². The van der Waals surface area contributed by atoms with Crippen LogP contribution in [0.2, 0.25) is 0 Å². The molecular weight excluding hydrogens is 252 g/mol. The van der Waals surface area contributed by atoms with Gasteiger partial charge in [-0.3, -0.25) is 4.79 Å². The van der Waals surface area contributed by atoms with Crippen molar-refractivity contribution in [3.05, 3.63) is 29.8 Å². The van der Waals surface area contributed by atoms with E-state index in [1.54, 1.807) is 11.9 Å². The van der Waals surface area contributed by atoms with Crippen LogP contribution in [-0.2, 0) is 0 Å². The Morgan fingerprint density at radius 2 is 1.84 bits per heavy atom. The summed E-state index contributed by atoms with van der Waals surface area (Å²) in [7, 11) is 1.73. The monoisotopic (exact) mass is 271 g/mol. The maximum absolute atomic E-state index is 12.2. The van der Waals surface area contributed by atoms with Gasteiger partial charge >= 0.3 is 6.61 Å². The van der Waals surface area contributed by atoms with Gasteiger partial charge in [0.25, 0.3) is 5.91 Å². The molecular formula is C14H19F2NO2. The van der Waals surface area contributed by atoms with Crippen molar-refractivity contribution >= 4 is 5.91 Å². The van der Waals surface area contributed by atoms with Crippen molar-refractivity contribution in [2.24, 2.45) is 0 Å². The summed E-state index contributed by atoms with van der Waals surface area (Å²) in [6, 6.07) is 5.71. The Labute approximate surface area is 112 Å². The Bertz CT molecular complexity index is 430. The van der Waals surface area contributed by atoms with Gasteiger partial charge in [0.1, 0.15) is 5.75 Å². The zero-order chi connectivity index (χ0) is 14.6. The predicted octanol–water partition coefficient (Wildman–Crippen LogP) is 3.55. The maximum Gasteiger partial charge on any atom is 0.387 e. The van der Waals surface area contributed by atoms with E-state index in [1.165, 1.54) is 24.3 Å². The zero-order valence-corrected chi connectivity index (χ0v) is 11.6. The smallest absolute Gasteiger partial charge is 0.387 e. The number of hydrogen-bond donors (Lipinski definition) is 0. The molecule has 0 N–H and O–H groups in total. The fraction of sp³-hybridized carbons (Fsp3) is 0.500. The minimum Gasteiger partial charge on any atom is -0.435 e. The summed E-state index contributed by atoms with van der Waals surface area (Å²) >= 11 is 0. The van der Waals surface area contributed by atoms with Crippen molar-refractivity contribution < 1.29 is 18.3 Å². The van der Waals surface area contributed by atoms with Crippen molar-refractivity contribution in [3.8, 4) is 5.75 Å². The molecule has 0 fully saturated rings. The summed E-state index contributed by atoms with van der Waals surface area (Å²) in [5, 5.41) is 0. The van der Waals surface area contributed by atoms with Crippen LogP contribution >= 0.6 is 0 Å². The highest BCUT2D eigenvalue weighted by Gasteiger charge is 2.26. The topological polar surface area (TPSA) is 29.5 Å². The fourth-order valence-corrected chi connectivity index (χ4v) is 1.48. The first-order valence-corrected chi connectivity index (χ1v) is 6.11. The largest absolute Gasteiger partial charge is 0.435 e. The minimum absolute atomic E-state index is 0.0453. The Kier molecular flexibility index (Phi) is 4.86. The zero-order valence-electron chi connectivity index (χ0n) is 11.6. The van der Waals surface area contributed by atoms with Crippen LogP contribution in [0.5, 0.6) is 5.75 Å². The van der Waals surface area contributed by atoms with Crippen LogP contribution < -0.4 is 4.74 Å². The molecule has 5 heteroatoms. The lowest BCUT2D eigenvalue weighted by atomic mass is 9.99. The molecule has 1 rings (SSSR count). The summed E-state index contributed by atoms with van der Waals surface area (Å²) in [6.07, 6.45) is 0.821. The number of hydrogen-bond acceptors (Lipinski definition) is 2. The molecule has 106 valence electrons. The third kappa shape index (κ3) is 3.91. The minimum atomic E-state index is -2.86. The molecule has 0 saturated heterocycles. The molecule has 0 aromatic heterocycles. The van der Waals surface area contributed by atoms with E-state index in [2.05, 4.69) is 4.74 Å². The average Bonchev–Trinajstić information content (AvgIpc) is 2.37. The van der Waals surface area contributed by atoms with Gasteiger partial charge in [-0.1, -0.05) is 6.92 Å². The molecule has 3 nitrogen and oxygen atoms in total. The molecule has 0 bridgehead atoms. The van der Waals surface area contributed by atoms with Crippen LogP contribution in [0.1, 0.15) is 37.6 Å². The van der Waals surface area contributed by atoms with Crippen molar-refractivity contribution in [2.75, 3.05) is 7.05 Å². The van der Waals surface area contributed by atoms with Gasteiger partial charge in [-0.15, -0.1) is 0 Å². The maximum atomic E-state index is 12.2. The second-order valence-corrected chi connectivity index (χ2v) is 4.93. The third-order valence-electron chi connectivity index (χ3n) is 3.40. The van der Waals surface area contributed by atoms with E-state index >= 15 is 0 Å². The van der Waals surface area contributed by atoms with E-state index in [0.29, 0.717) is 5.56 Å². The van der Waals surface area contributed by atoms with Gasteiger partial charge < -0.3 is 9.64 Å². The van der Waals surface area contributed by atoms with Crippen LogP contribution in [0.3, 0.4) is 0 Å². The molecule has 0 aliphatic carbocycles. The van der Waals surface area contributed by atoms with Gasteiger partial charge in [0.15, 0.2) is 0 Å². The lowest BCUT2D eigenvalue weighted by molar-refractivity contribution is -0.0498. The molecule has 0 spiro atoms. The second kappa shape index (κ2) is 5.99. The number of halogens is 2. The number of rotatable bonds is 5. The summed E-state index contributed by atoms with van der Waals surface area (Å²) in [5.41, 5.74) is 0.195. The standard InChI is InChI=1S/C14H19F2NO2/c1-5-14(2,3)17(4)12(18)10-6-8-11(9-7-10)19-13(15)16/h6-9,13H,5H2,1-4H3. The molecule has 0 atom stereocenters. The van der Waals surface area contributed by atoms with Crippen molar-refractivity contribution in [2.45, 2.75) is 39.3 Å². The average molecular weight is 271 g/mol. The molecule has 1 aromatic carbocycles. The van der Waals surface area contributed by atoms with Crippen molar-refractivity contribution in [3.63, 3.8) is 0 Å². The fourth-order valence-electron chi connectivity index (χ4n) is 1.48. The molecule has 1 amide bonds. The second-order valence-electron chi connectivity index (χ2n) is 4.93. The molecule has 1 aromatic rings. The number of benzene rings is 1. The number of alkyl halides is 2. The SMILES string of the molecule is CCC(C)(C)N(C)C(=O)c1ccc(OC(F)F)cc1. The highest BCUT2D eigenvalue weighted by molar-refractivity contribution is 5.94.